The fourth-order valence-electron chi connectivity index (χ4n) is 1.42. The van der Waals surface area contributed by atoms with Gasteiger partial charge in [-0.25, -0.2) is 0 Å². The van der Waals surface area contributed by atoms with Crippen LogP contribution in [0.3, 0.4) is 0 Å². The molecule has 0 aromatic heterocycles. The van der Waals surface area contributed by atoms with Gasteiger partial charge in [0.1, 0.15) is 11.5 Å². The van der Waals surface area contributed by atoms with Crippen LogP contribution in [0.1, 0.15) is 6.42 Å². The lowest BCUT2D eigenvalue weighted by Crippen LogP contribution is -2.00. The van der Waals surface area contributed by atoms with E-state index >= 15 is 0 Å². The van der Waals surface area contributed by atoms with E-state index in [0.29, 0.717) is 11.5 Å². The molecule has 0 saturated carbocycles. The Kier molecular flexibility index (Phi) is 8.10. The standard InChI is InChI=1S/C6H8O.2C6H6O/c3*7-6-4-2-1-3-5-6/h1-4,6-7H,5H2;2*1-5,7H. The van der Waals surface area contributed by atoms with Gasteiger partial charge < -0.3 is 15.3 Å². The van der Waals surface area contributed by atoms with Crippen LogP contribution in [-0.2, 0) is 0 Å². The van der Waals surface area contributed by atoms with Crippen molar-refractivity contribution in [3.05, 3.63) is 85.0 Å². The lowest BCUT2D eigenvalue weighted by atomic mass is 10.1. The smallest absolute Gasteiger partial charge is 0.115 e. The third-order valence-corrected chi connectivity index (χ3v) is 2.47. The number of para-hydroxylation sites is 2. The van der Waals surface area contributed by atoms with Gasteiger partial charge in [0.2, 0.25) is 0 Å². The minimum absolute atomic E-state index is 0.231. The molecule has 0 heterocycles. The van der Waals surface area contributed by atoms with Gasteiger partial charge >= 0.3 is 0 Å². The van der Waals surface area contributed by atoms with Crippen molar-refractivity contribution in [2.24, 2.45) is 0 Å². The molecule has 2 aromatic carbocycles. The molecule has 110 valence electrons. The Bertz CT molecular complexity index is 495. The van der Waals surface area contributed by atoms with E-state index in [1.807, 2.05) is 30.4 Å². The third kappa shape index (κ3) is 9.08. The van der Waals surface area contributed by atoms with Crippen molar-refractivity contribution < 1.29 is 15.3 Å². The maximum absolute atomic E-state index is 8.77. The first kappa shape index (κ1) is 16.5. The molecule has 0 fully saturated rings. The number of hydrogen-bond acceptors (Lipinski definition) is 3. The highest BCUT2D eigenvalue weighted by Crippen LogP contribution is 2.03. The molecular weight excluding hydrogens is 264 g/mol. The molecule has 1 atom stereocenters. The molecule has 0 radical (unpaired) electrons. The van der Waals surface area contributed by atoms with Crippen molar-refractivity contribution in [3.63, 3.8) is 0 Å². The van der Waals surface area contributed by atoms with Crippen LogP contribution < -0.4 is 0 Å². The highest BCUT2D eigenvalue weighted by atomic mass is 16.3. The Balaban J connectivity index is 0.000000157. The summed E-state index contributed by atoms with van der Waals surface area (Å²) in [5, 5.41) is 26.0. The Morgan fingerprint density at radius 1 is 0.714 bits per heavy atom. The number of rotatable bonds is 0. The minimum atomic E-state index is -0.231. The quantitative estimate of drug-likeness (QED) is 0.692. The van der Waals surface area contributed by atoms with E-state index in [4.69, 9.17) is 15.3 Å². The van der Waals surface area contributed by atoms with E-state index < -0.39 is 0 Å². The maximum Gasteiger partial charge on any atom is 0.115 e. The summed E-state index contributed by atoms with van der Waals surface area (Å²) in [6.07, 6.45) is 8.06. The molecule has 21 heavy (non-hydrogen) atoms. The molecule has 3 rings (SSSR count). The molecule has 2 aromatic rings. The Morgan fingerprint density at radius 3 is 1.38 bits per heavy atom. The fraction of sp³-hybridized carbons (Fsp3) is 0.111. The van der Waals surface area contributed by atoms with E-state index in [1.165, 1.54) is 0 Å². The van der Waals surface area contributed by atoms with Gasteiger partial charge in [-0.15, -0.1) is 0 Å². The van der Waals surface area contributed by atoms with Crippen molar-refractivity contribution >= 4 is 0 Å². The SMILES string of the molecule is OC1C=CC=CC1.Oc1ccccc1.Oc1ccccc1. The van der Waals surface area contributed by atoms with Crippen LogP contribution in [-0.4, -0.2) is 21.4 Å². The van der Waals surface area contributed by atoms with Crippen LogP contribution in [0.5, 0.6) is 11.5 Å². The van der Waals surface area contributed by atoms with Gasteiger partial charge in [0.05, 0.1) is 6.10 Å². The van der Waals surface area contributed by atoms with Crippen LogP contribution in [0.2, 0.25) is 0 Å². The van der Waals surface area contributed by atoms with Crippen molar-refractivity contribution in [2.75, 3.05) is 0 Å². The third-order valence-electron chi connectivity index (χ3n) is 2.47. The van der Waals surface area contributed by atoms with Crippen LogP contribution in [0.25, 0.3) is 0 Å². The van der Waals surface area contributed by atoms with Gasteiger partial charge in [0.15, 0.2) is 0 Å². The zero-order chi connectivity index (χ0) is 15.3. The summed E-state index contributed by atoms with van der Waals surface area (Å²) in [6, 6.07) is 17.4. The maximum atomic E-state index is 8.77. The summed E-state index contributed by atoms with van der Waals surface area (Å²) < 4.78 is 0. The lowest BCUT2D eigenvalue weighted by molar-refractivity contribution is 0.225. The van der Waals surface area contributed by atoms with Crippen molar-refractivity contribution in [1.82, 2.24) is 0 Å². The van der Waals surface area contributed by atoms with Gasteiger partial charge in [0.25, 0.3) is 0 Å². The number of phenolic OH excluding ortho intramolecular Hbond substituents is 2. The Labute approximate surface area is 125 Å². The first-order valence-electron chi connectivity index (χ1n) is 6.68. The molecule has 1 aliphatic carbocycles. The molecular formula is C18H20O3. The van der Waals surface area contributed by atoms with E-state index in [2.05, 4.69) is 0 Å². The zero-order valence-corrected chi connectivity index (χ0v) is 11.7. The minimum Gasteiger partial charge on any atom is -0.508 e. The number of aliphatic hydroxyl groups excluding tert-OH is 1. The van der Waals surface area contributed by atoms with Crippen molar-refractivity contribution in [1.29, 1.82) is 0 Å². The molecule has 3 heteroatoms. The molecule has 0 amide bonds. The van der Waals surface area contributed by atoms with Gasteiger partial charge in [-0.1, -0.05) is 60.7 Å². The van der Waals surface area contributed by atoms with Crippen LogP contribution in [0.15, 0.2) is 85.0 Å². The summed E-state index contributed by atoms with van der Waals surface area (Å²) in [6.45, 7) is 0. The number of aromatic hydroxyl groups is 2. The summed E-state index contributed by atoms with van der Waals surface area (Å²) >= 11 is 0. The second-order valence-electron chi connectivity index (χ2n) is 4.29. The predicted octanol–water partition coefficient (Wildman–Crippen LogP) is 3.65. The Hall–Kier alpha value is -2.52. The fourth-order valence-corrected chi connectivity index (χ4v) is 1.42. The second-order valence-corrected chi connectivity index (χ2v) is 4.29. The summed E-state index contributed by atoms with van der Waals surface area (Å²) in [4.78, 5) is 0. The first-order valence-corrected chi connectivity index (χ1v) is 6.68. The van der Waals surface area contributed by atoms with Crippen LogP contribution >= 0.6 is 0 Å². The van der Waals surface area contributed by atoms with Crippen LogP contribution in [0, 0.1) is 0 Å². The average Bonchev–Trinajstić information content (AvgIpc) is 2.51. The summed E-state index contributed by atoms with van der Waals surface area (Å²) in [7, 11) is 0. The first-order chi connectivity index (χ1) is 10.2. The van der Waals surface area contributed by atoms with Gasteiger partial charge in [-0.3, -0.25) is 0 Å². The highest BCUT2D eigenvalue weighted by Gasteiger charge is 1.95. The molecule has 0 saturated heterocycles. The summed E-state index contributed by atoms with van der Waals surface area (Å²) in [5.41, 5.74) is 0. The number of benzene rings is 2. The number of allylic oxidation sites excluding steroid dienone is 2. The zero-order valence-electron chi connectivity index (χ0n) is 11.7. The van der Waals surface area contributed by atoms with Gasteiger partial charge in [-0.05, 0) is 30.7 Å². The molecule has 3 nitrogen and oxygen atoms in total. The second kappa shape index (κ2) is 10.3. The van der Waals surface area contributed by atoms with E-state index in [-0.39, 0.29) is 6.10 Å². The van der Waals surface area contributed by atoms with Gasteiger partial charge in [0, 0.05) is 0 Å². The number of hydrogen-bond donors (Lipinski definition) is 3. The van der Waals surface area contributed by atoms with E-state index in [9.17, 15) is 0 Å². The predicted molar refractivity (Wildman–Crippen MR) is 85.1 cm³/mol. The summed E-state index contributed by atoms with van der Waals surface area (Å²) in [5.74, 6) is 0.644. The van der Waals surface area contributed by atoms with Gasteiger partial charge in [-0.2, -0.15) is 0 Å². The van der Waals surface area contributed by atoms with Crippen LogP contribution in [0.4, 0.5) is 0 Å². The van der Waals surface area contributed by atoms with E-state index in [1.54, 1.807) is 54.6 Å². The molecule has 0 bridgehead atoms. The molecule has 1 aliphatic rings. The molecule has 0 aliphatic heterocycles. The Morgan fingerprint density at radius 2 is 1.19 bits per heavy atom. The molecule has 0 spiro atoms. The monoisotopic (exact) mass is 284 g/mol. The van der Waals surface area contributed by atoms with E-state index in [0.717, 1.165) is 6.42 Å². The lowest BCUT2D eigenvalue weighted by Gasteiger charge is -2.01. The largest absolute Gasteiger partial charge is 0.508 e. The highest BCUT2D eigenvalue weighted by molar-refractivity contribution is 5.19. The molecule has 3 N–H and O–H groups in total. The van der Waals surface area contributed by atoms with Crippen molar-refractivity contribution in [2.45, 2.75) is 12.5 Å². The number of aliphatic hydroxyl groups is 1. The normalized spacial score (nSPS) is 15.2. The topological polar surface area (TPSA) is 60.7 Å². The molecule has 1 unspecified atom stereocenters. The van der Waals surface area contributed by atoms with Crippen molar-refractivity contribution in [3.8, 4) is 11.5 Å². The number of phenols is 2. The average molecular weight is 284 g/mol.